The molecule has 2 rings (SSSR count). The quantitative estimate of drug-likeness (QED) is 0.867. The van der Waals surface area contributed by atoms with E-state index in [0.29, 0.717) is 12.0 Å². The molecule has 21 heavy (non-hydrogen) atoms. The lowest BCUT2D eigenvalue weighted by atomic mass is 9.76. The van der Waals surface area contributed by atoms with Gasteiger partial charge in [-0.25, -0.2) is 8.78 Å². The van der Waals surface area contributed by atoms with E-state index in [4.69, 9.17) is 4.74 Å². The van der Waals surface area contributed by atoms with Gasteiger partial charge in [0, 0.05) is 12.6 Å². The highest BCUT2D eigenvalue weighted by atomic mass is 19.1. The molecule has 0 saturated heterocycles. The Labute approximate surface area is 125 Å². The molecule has 118 valence electrons. The van der Waals surface area contributed by atoms with E-state index in [0.717, 1.165) is 38.2 Å². The van der Waals surface area contributed by atoms with Crippen molar-refractivity contribution in [1.29, 1.82) is 0 Å². The van der Waals surface area contributed by atoms with Crippen molar-refractivity contribution in [3.8, 4) is 5.88 Å². The van der Waals surface area contributed by atoms with Gasteiger partial charge in [-0.1, -0.05) is 20.8 Å². The van der Waals surface area contributed by atoms with Gasteiger partial charge in [-0.2, -0.15) is 4.98 Å². The van der Waals surface area contributed by atoms with Crippen molar-refractivity contribution < 1.29 is 13.5 Å². The highest BCUT2D eigenvalue weighted by Gasteiger charge is 2.28. The molecule has 5 heteroatoms. The van der Waals surface area contributed by atoms with Gasteiger partial charge in [0.05, 0.1) is 0 Å². The second-order valence-electron chi connectivity index (χ2n) is 6.51. The topological polar surface area (TPSA) is 34.2 Å². The van der Waals surface area contributed by atoms with E-state index in [9.17, 15) is 8.78 Å². The van der Waals surface area contributed by atoms with Crippen LogP contribution >= 0.6 is 0 Å². The first-order chi connectivity index (χ1) is 9.91. The number of pyridine rings is 1. The van der Waals surface area contributed by atoms with Gasteiger partial charge >= 0.3 is 0 Å². The predicted octanol–water partition coefficient (Wildman–Crippen LogP) is 4.53. The van der Waals surface area contributed by atoms with E-state index in [2.05, 4.69) is 24.1 Å². The maximum absolute atomic E-state index is 13.8. The zero-order valence-electron chi connectivity index (χ0n) is 13.0. The standard InChI is InChI=1S/C16H24F2N2O/c1-4-9-19-14-12(17)10-13(18)15(20-14)21-11-5-7-16(2,3)8-6-11/h10-11H,4-9H2,1-3H3,(H,19,20). The number of rotatable bonds is 5. The summed E-state index contributed by atoms with van der Waals surface area (Å²) in [6.45, 7) is 7.02. The fourth-order valence-corrected chi connectivity index (χ4v) is 2.55. The first-order valence-corrected chi connectivity index (χ1v) is 7.68. The number of halogens is 2. The molecule has 0 radical (unpaired) electrons. The Bertz CT molecular complexity index is 481. The molecule has 1 N–H and O–H groups in total. The molecule has 0 bridgehead atoms. The third kappa shape index (κ3) is 4.29. The van der Waals surface area contributed by atoms with Crippen LogP contribution in [0, 0.1) is 17.0 Å². The summed E-state index contributed by atoms with van der Waals surface area (Å²) in [5.41, 5.74) is 0.322. The number of anilines is 1. The Balaban J connectivity index is 2.05. The number of nitrogens with one attached hydrogen (secondary N) is 1. The smallest absolute Gasteiger partial charge is 0.252 e. The van der Waals surface area contributed by atoms with Crippen molar-refractivity contribution in [1.82, 2.24) is 4.98 Å². The van der Waals surface area contributed by atoms with Crippen molar-refractivity contribution in [2.45, 2.75) is 59.0 Å². The van der Waals surface area contributed by atoms with Crippen molar-refractivity contribution >= 4 is 5.82 Å². The summed E-state index contributed by atoms with van der Waals surface area (Å²) in [7, 11) is 0. The second kappa shape index (κ2) is 6.58. The molecule has 0 atom stereocenters. The van der Waals surface area contributed by atoms with Crippen molar-refractivity contribution in [2.24, 2.45) is 5.41 Å². The minimum atomic E-state index is -0.737. The van der Waals surface area contributed by atoms with E-state index in [-0.39, 0.29) is 17.8 Å². The lowest BCUT2D eigenvalue weighted by Crippen LogP contribution is -2.29. The third-order valence-corrected chi connectivity index (χ3v) is 4.00. The van der Waals surface area contributed by atoms with Crippen LogP contribution in [-0.4, -0.2) is 17.6 Å². The number of nitrogens with zero attached hydrogens (tertiary/aromatic N) is 1. The molecule has 0 aromatic carbocycles. The number of ether oxygens (including phenoxy) is 1. The highest BCUT2D eigenvalue weighted by molar-refractivity contribution is 5.39. The summed E-state index contributed by atoms with van der Waals surface area (Å²) < 4.78 is 33.1. The SMILES string of the molecule is CCCNc1nc(OC2CCC(C)(C)CC2)c(F)cc1F. The number of aromatic nitrogens is 1. The molecule has 1 aliphatic carbocycles. The minimum Gasteiger partial charge on any atom is -0.472 e. The van der Waals surface area contributed by atoms with Crippen molar-refractivity contribution in [3.05, 3.63) is 17.7 Å². The van der Waals surface area contributed by atoms with Crippen LogP contribution in [0.5, 0.6) is 5.88 Å². The van der Waals surface area contributed by atoms with Gasteiger partial charge in [-0.05, 0) is 37.5 Å². The molecule has 1 aromatic rings. The molecule has 1 saturated carbocycles. The Hall–Kier alpha value is -1.39. The summed E-state index contributed by atoms with van der Waals surface area (Å²) in [4.78, 5) is 3.96. The van der Waals surface area contributed by atoms with Crippen LogP contribution in [0.4, 0.5) is 14.6 Å². The maximum Gasteiger partial charge on any atom is 0.252 e. The van der Waals surface area contributed by atoms with E-state index in [1.54, 1.807) is 0 Å². The highest BCUT2D eigenvalue weighted by Crippen LogP contribution is 2.36. The average molecular weight is 298 g/mol. The first kappa shape index (κ1) is 16.0. The van der Waals surface area contributed by atoms with Crippen LogP contribution in [0.25, 0.3) is 0 Å². The van der Waals surface area contributed by atoms with Crippen LogP contribution in [0.1, 0.15) is 52.9 Å². The maximum atomic E-state index is 13.8. The molecule has 1 heterocycles. The van der Waals surface area contributed by atoms with Crippen LogP contribution < -0.4 is 10.1 Å². The van der Waals surface area contributed by atoms with Crippen LogP contribution in [0.2, 0.25) is 0 Å². The van der Waals surface area contributed by atoms with Gasteiger partial charge in [0.25, 0.3) is 5.88 Å². The summed E-state index contributed by atoms with van der Waals surface area (Å²) in [5.74, 6) is -1.46. The Morgan fingerprint density at radius 1 is 1.29 bits per heavy atom. The summed E-state index contributed by atoms with van der Waals surface area (Å²) >= 11 is 0. The Morgan fingerprint density at radius 2 is 1.95 bits per heavy atom. The lowest BCUT2D eigenvalue weighted by molar-refractivity contribution is 0.0910. The zero-order valence-corrected chi connectivity index (χ0v) is 13.0. The molecule has 3 nitrogen and oxygen atoms in total. The zero-order chi connectivity index (χ0) is 15.5. The van der Waals surface area contributed by atoms with Crippen LogP contribution in [0.3, 0.4) is 0 Å². The van der Waals surface area contributed by atoms with Gasteiger partial charge in [-0.15, -0.1) is 0 Å². The van der Waals surface area contributed by atoms with Gasteiger partial charge in [-0.3, -0.25) is 0 Å². The molecule has 0 aliphatic heterocycles. The molecule has 1 fully saturated rings. The average Bonchev–Trinajstić information content (AvgIpc) is 2.42. The van der Waals surface area contributed by atoms with E-state index >= 15 is 0 Å². The monoisotopic (exact) mass is 298 g/mol. The summed E-state index contributed by atoms with van der Waals surface area (Å²) in [5, 5.41) is 2.85. The fraction of sp³-hybridized carbons (Fsp3) is 0.688. The van der Waals surface area contributed by atoms with Crippen LogP contribution in [0.15, 0.2) is 6.07 Å². The van der Waals surface area contributed by atoms with Crippen molar-refractivity contribution in [3.63, 3.8) is 0 Å². The van der Waals surface area contributed by atoms with Gasteiger partial charge < -0.3 is 10.1 Å². The summed E-state index contributed by atoms with van der Waals surface area (Å²) in [6, 6.07) is 0.840. The summed E-state index contributed by atoms with van der Waals surface area (Å²) in [6.07, 6.45) is 4.64. The van der Waals surface area contributed by atoms with Gasteiger partial charge in [0.2, 0.25) is 0 Å². The largest absolute Gasteiger partial charge is 0.472 e. The molecule has 0 amide bonds. The molecular weight excluding hydrogens is 274 g/mol. The molecule has 1 aliphatic rings. The third-order valence-electron chi connectivity index (χ3n) is 4.00. The molecule has 0 spiro atoms. The lowest BCUT2D eigenvalue weighted by Gasteiger charge is -2.34. The predicted molar refractivity (Wildman–Crippen MR) is 79.6 cm³/mol. The minimum absolute atomic E-state index is 0.0375. The number of hydrogen-bond donors (Lipinski definition) is 1. The first-order valence-electron chi connectivity index (χ1n) is 7.68. The second-order valence-corrected chi connectivity index (χ2v) is 6.51. The molecule has 1 aromatic heterocycles. The Kier molecular flexibility index (Phi) is 5.01. The van der Waals surface area contributed by atoms with Gasteiger partial charge in [0.1, 0.15) is 6.10 Å². The normalized spacial score (nSPS) is 18.5. The van der Waals surface area contributed by atoms with Crippen LogP contribution in [-0.2, 0) is 0 Å². The van der Waals surface area contributed by atoms with E-state index in [1.165, 1.54) is 0 Å². The van der Waals surface area contributed by atoms with E-state index < -0.39 is 11.6 Å². The molecule has 0 unspecified atom stereocenters. The van der Waals surface area contributed by atoms with Gasteiger partial charge in [0.15, 0.2) is 17.5 Å². The molecular formula is C16H24F2N2O. The fourth-order valence-electron chi connectivity index (χ4n) is 2.55. The Morgan fingerprint density at radius 3 is 2.57 bits per heavy atom. The van der Waals surface area contributed by atoms with E-state index in [1.807, 2.05) is 6.92 Å². The van der Waals surface area contributed by atoms with Crippen molar-refractivity contribution in [2.75, 3.05) is 11.9 Å². The number of hydrogen-bond acceptors (Lipinski definition) is 3.